The van der Waals surface area contributed by atoms with E-state index in [9.17, 15) is 9.59 Å². The maximum atomic E-state index is 12.6. The van der Waals surface area contributed by atoms with Crippen molar-refractivity contribution in [1.29, 1.82) is 0 Å². The van der Waals surface area contributed by atoms with Gasteiger partial charge in [-0.05, 0) is 67.5 Å². The molecule has 2 amide bonds. The van der Waals surface area contributed by atoms with Crippen molar-refractivity contribution in [3.63, 3.8) is 0 Å². The zero-order valence-electron chi connectivity index (χ0n) is 17.2. The molecule has 7 heteroatoms. The Kier molecular flexibility index (Phi) is 7.21. The van der Waals surface area contributed by atoms with Crippen molar-refractivity contribution < 1.29 is 14.3 Å². The van der Waals surface area contributed by atoms with E-state index in [0.717, 1.165) is 11.3 Å². The van der Waals surface area contributed by atoms with E-state index in [4.69, 9.17) is 4.74 Å². The Hall–Kier alpha value is -3.16. The van der Waals surface area contributed by atoms with Crippen LogP contribution in [-0.4, -0.2) is 44.5 Å². The van der Waals surface area contributed by atoms with Gasteiger partial charge in [-0.15, -0.1) is 11.3 Å². The third-order valence-corrected chi connectivity index (χ3v) is 5.58. The Morgan fingerprint density at radius 1 is 1.03 bits per heavy atom. The van der Waals surface area contributed by atoms with Gasteiger partial charge in [-0.25, -0.2) is 0 Å². The van der Waals surface area contributed by atoms with Crippen molar-refractivity contribution in [3.8, 4) is 5.75 Å². The number of likely N-dealkylation sites (N-methyl/N-ethyl adjacent to an activating group) is 1. The van der Waals surface area contributed by atoms with E-state index < -0.39 is 0 Å². The topological polar surface area (TPSA) is 70.7 Å². The molecule has 6 nitrogen and oxygen atoms in total. The highest BCUT2D eigenvalue weighted by atomic mass is 32.1. The van der Waals surface area contributed by atoms with Crippen molar-refractivity contribution in [2.45, 2.75) is 6.04 Å². The summed E-state index contributed by atoms with van der Waals surface area (Å²) in [6.45, 7) is 0.454. The molecule has 1 aromatic heterocycles. The standard InChI is InChI=1S/C23H25N3O3S/c1-26(2)20(17-6-4-7-19(14-17)29-3)15-24-22(27)16-9-11-18(12-10-16)25-23(28)21-8-5-13-30-21/h4-14,20H,15H2,1-3H3,(H,24,27)(H,25,28)/t20-/m0/s1. The Morgan fingerprint density at radius 3 is 2.43 bits per heavy atom. The molecule has 0 saturated carbocycles. The van der Waals surface area contributed by atoms with Crippen LogP contribution in [0.5, 0.6) is 5.75 Å². The molecule has 0 radical (unpaired) electrons. The lowest BCUT2D eigenvalue weighted by Crippen LogP contribution is -2.34. The van der Waals surface area contributed by atoms with Crippen molar-refractivity contribution >= 4 is 28.8 Å². The van der Waals surface area contributed by atoms with Gasteiger partial charge in [0.2, 0.25) is 0 Å². The Labute approximate surface area is 180 Å². The summed E-state index contributed by atoms with van der Waals surface area (Å²) in [6, 6.07) is 18.3. The lowest BCUT2D eigenvalue weighted by atomic mass is 10.1. The summed E-state index contributed by atoms with van der Waals surface area (Å²) < 4.78 is 5.31. The molecule has 0 spiro atoms. The molecule has 0 fully saturated rings. The van der Waals surface area contributed by atoms with E-state index >= 15 is 0 Å². The Bertz CT molecular complexity index is 985. The van der Waals surface area contributed by atoms with E-state index in [0.29, 0.717) is 22.7 Å². The minimum absolute atomic E-state index is 0.00778. The molecule has 2 aromatic carbocycles. The van der Waals surface area contributed by atoms with Gasteiger partial charge in [0.25, 0.3) is 11.8 Å². The van der Waals surface area contributed by atoms with Crippen LogP contribution >= 0.6 is 11.3 Å². The zero-order valence-corrected chi connectivity index (χ0v) is 18.0. The van der Waals surface area contributed by atoms with Crippen LogP contribution in [0.25, 0.3) is 0 Å². The van der Waals surface area contributed by atoms with Gasteiger partial charge in [0.15, 0.2) is 0 Å². The summed E-state index contributed by atoms with van der Waals surface area (Å²) in [4.78, 5) is 27.4. The molecule has 1 heterocycles. The Balaban J connectivity index is 1.61. The maximum absolute atomic E-state index is 12.6. The average Bonchev–Trinajstić information content (AvgIpc) is 3.29. The normalized spacial score (nSPS) is 11.7. The van der Waals surface area contributed by atoms with Crippen molar-refractivity contribution in [1.82, 2.24) is 10.2 Å². The number of carbonyl (C=O) groups is 2. The molecule has 0 bridgehead atoms. The molecule has 2 N–H and O–H groups in total. The summed E-state index contributed by atoms with van der Waals surface area (Å²) in [7, 11) is 5.58. The molecular weight excluding hydrogens is 398 g/mol. The number of thiophene rings is 1. The minimum atomic E-state index is -0.166. The van der Waals surface area contributed by atoms with E-state index in [2.05, 4.69) is 15.5 Å². The van der Waals surface area contributed by atoms with Crippen LogP contribution in [0.2, 0.25) is 0 Å². The number of carbonyl (C=O) groups excluding carboxylic acids is 2. The number of hydrogen-bond donors (Lipinski definition) is 2. The fourth-order valence-electron chi connectivity index (χ4n) is 3.04. The predicted molar refractivity (Wildman–Crippen MR) is 120 cm³/mol. The average molecular weight is 424 g/mol. The van der Waals surface area contributed by atoms with E-state index in [1.54, 1.807) is 37.4 Å². The number of ether oxygens (including phenoxy) is 1. The quantitative estimate of drug-likeness (QED) is 0.574. The van der Waals surface area contributed by atoms with Crippen molar-refractivity contribution in [2.75, 3.05) is 33.1 Å². The second kappa shape index (κ2) is 10.0. The van der Waals surface area contributed by atoms with Crippen LogP contribution in [0.4, 0.5) is 5.69 Å². The van der Waals surface area contributed by atoms with Crippen molar-refractivity contribution in [3.05, 3.63) is 82.0 Å². The summed E-state index contributed by atoms with van der Waals surface area (Å²) >= 11 is 1.38. The molecule has 0 saturated heterocycles. The van der Waals surface area contributed by atoms with Gasteiger partial charge >= 0.3 is 0 Å². The van der Waals surface area contributed by atoms with Crippen LogP contribution < -0.4 is 15.4 Å². The zero-order chi connectivity index (χ0) is 21.5. The maximum Gasteiger partial charge on any atom is 0.265 e. The van der Waals surface area contributed by atoms with Gasteiger partial charge in [0.05, 0.1) is 18.0 Å². The van der Waals surface area contributed by atoms with Crippen LogP contribution in [0.15, 0.2) is 66.0 Å². The fourth-order valence-corrected chi connectivity index (χ4v) is 3.66. The molecule has 0 aliphatic carbocycles. The lowest BCUT2D eigenvalue weighted by Gasteiger charge is -2.25. The first kappa shape index (κ1) is 21.5. The van der Waals surface area contributed by atoms with E-state index in [1.807, 2.05) is 49.8 Å². The first-order valence-electron chi connectivity index (χ1n) is 9.51. The van der Waals surface area contributed by atoms with Crippen LogP contribution in [0.1, 0.15) is 31.6 Å². The number of rotatable bonds is 8. The predicted octanol–water partition coefficient (Wildman–Crippen LogP) is 4.04. The number of amides is 2. The first-order chi connectivity index (χ1) is 14.5. The molecule has 3 rings (SSSR count). The monoisotopic (exact) mass is 423 g/mol. The number of hydrogen-bond acceptors (Lipinski definition) is 5. The fraction of sp³-hybridized carbons (Fsp3) is 0.217. The molecule has 30 heavy (non-hydrogen) atoms. The molecule has 3 aromatic rings. The lowest BCUT2D eigenvalue weighted by molar-refractivity contribution is 0.0941. The number of methoxy groups -OCH3 is 1. The van der Waals surface area contributed by atoms with Crippen LogP contribution in [0.3, 0.4) is 0 Å². The summed E-state index contributed by atoms with van der Waals surface area (Å²) in [6.07, 6.45) is 0. The van der Waals surface area contributed by atoms with Crippen molar-refractivity contribution in [2.24, 2.45) is 0 Å². The summed E-state index contributed by atoms with van der Waals surface area (Å²) in [5, 5.41) is 7.68. The molecule has 0 unspecified atom stereocenters. The molecule has 0 aliphatic heterocycles. The largest absolute Gasteiger partial charge is 0.497 e. The summed E-state index contributed by atoms with van der Waals surface area (Å²) in [5.74, 6) is 0.459. The SMILES string of the molecule is COc1cccc([C@H](CNC(=O)c2ccc(NC(=O)c3cccs3)cc2)N(C)C)c1. The Morgan fingerprint density at radius 2 is 1.80 bits per heavy atom. The number of nitrogens with zero attached hydrogens (tertiary/aromatic N) is 1. The molecule has 0 aliphatic rings. The summed E-state index contributed by atoms with van der Waals surface area (Å²) in [5.41, 5.74) is 2.24. The number of anilines is 1. The molecular formula is C23H25N3O3S. The van der Waals surface area contributed by atoms with Crippen LogP contribution in [0, 0.1) is 0 Å². The molecule has 156 valence electrons. The highest BCUT2D eigenvalue weighted by Gasteiger charge is 2.17. The second-order valence-electron chi connectivity index (χ2n) is 6.97. The second-order valence-corrected chi connectivity index (χ2v) is 7.92. The third-order valence-electron chi connectivity index (χ3n) is 4.71. The van der Waals surface area contributed by atoms with Crippen LogP contribution in [-0.2, 0) is 0 Å². The smallest absolute Gasteiger partial charge is 0.265 e. The van der Waals surface area contributed by atoms with Gasteiger partial charge in [0.1, 0.15) is 5.75 Å². The first-order valence-corrected chi connectivity index (χ1v) is 10.4. The third kappa shape index (κ3) is 5.46. The van der Waals surface area contributed by atoms with E-state index in [1.165, 1.54) is 11.3 Å². The highest BCUT2D eigenvalue weighted by Crippen LogP contribution is 2.22. The van der Waals surface area contributed by atoms with Gasteiger partial charge in [0, 0.05) is 17.8 Å². The highest BCUT2D eigenvalue weighted by molar-refractivity contribution is 7.12. The van der Waals surface area contributed by atoms with E-state index in [-0.39, 0.29) is 17.9 Å². The van der Waals surface area contributed by atoms with Gasteiger partial charge in [-0.2, -0.15) is 0 Å². The van der Waals surface area contributed by atoms with Gasteiger partial charge in [-0.1, -0.05) is 18.2 Å². The van der Waals surface area contributed by atoms with Gasteiger partial charge in [-0.3, -0.25) is 9.59 Å². The molecule has 1 atom stereocenters. The number of benzene rings is 2. The number of nitrogens with one attached hydrogen (secondary N) is 2. The van der Waals surface area contributed by atoms with Gasteiger partial charge < -0.3 is 20.3 Å². The minimum Gasteiger partial charge on any atom is -0.497 e.